The second-order valence-corrected chi connectivity index (χ2v) is 4.93. The van der Waals surface area contributed by atoms with Gasteiger partial charge in [-0.25, -0.2) is 9.20 Å². The van der Waals surface area contributed by atoms with Crippen LogP contribution in [0, 0.1) is 0 Å². The molecule has 2 heterocycles. The first-order valence-electron chi connectivity index (χ1n) is 7.34. The van der Waals surface area contributed by atoms with Gasteiger partial charge in [-0.15, -0.1) is 10.2 Å². The zero-order chi connectivity index (χ0) is 17.8. The van der Waals surface area contributed by atoms with Gasteiger partial charge in [0.2, 0.25) is 11.8 Å². The van der Waals surface area contributed by atoms with Crippen molar-refractivity contribution in [3.05, 3.63) is 36.4 Å². The normalized spacial score (nSPS) is 10.4. The lowest BCUT2D eigenvalue weighted by Gasteiger charge is -2.12. The van der Waals surface area contributed by atoms with Gasteiger partial charge in [-0.3, -0.25) is 5.32 Å². The summed E-state index contributed by atoms with van der Waals surface area (Å²) in [4.78, 5) is 12.3. The number of anilines is 2. The van der Waals surface area contributed by atoms with Crippen LogP contribution in [0.4, 0.5) is 16.4 Å². The fraction of sp³-hybridized carbons (Fsp3) is 0.188. The number of carbonyl (C=O) groups is 1. The molecular weight excluding hydrogens is 326 g/mol. The first-order valence-corrected chi connectivity index (χ1v) is 7.34. The average molecular weight is 343 g/mol. The molecule has 3 rings (SSSR count). The Kier molecular flexibility index (Phi) is 4.55. The van der Waals surface area contributed by atoms with Crippen LogP contribution in [0.3, 0.4) is 0 Å². The smallest absolute Gasteiger partial charge is 0.326 e. The molecule has 2 aromatic heterocycles. The number of aromatic nitrogens is 3. The fourth-order valence-corrected chi connectivity index (χ4v) is 2.31. The zero-order valence-corrected chi connectivity index (χ0v) is 13.9. The number of nitrogens with one attached hydrogen (secondary N) is 2. The molecule has 0 radical (unpaired) electrons. The molecule has 0 aliphatic rings. The number of benzene rings is 1. The number of pyridine rings is 1. The Morgan fingerprint density at radius 2 is 1.84 bits per heavy atom. The van der Waals surface area contributed by atoms with E-state index in [1.165, 1.54) is 14.2 Å². The minimum atomic E-state index is -0.497. The van der Waals surface area contributed by atoms with E-state index in [0.717, 1.165) is 0 Å². The predicted octanol–water partition coefficient (Wildman–Crippen LogP) is 2.40. The number of nitrogens with zero attached hydrogens (tertiary/aromatic N) is 3. The number of amides is 2. The molecule has 0 atom stereocenters. The molecule has 9 nitrogen and oxygen atoms in total. The van der Waals surface area contributed by atoms with Crippen molar-refractivity contribution in [1.29, 1.82) is 0 Å². The Morgan fingerprint density at radius 1 is 1.00 bits per heavy atom. The number of rotatable bonds is 5. The summed E-state index contributed by atoms with van der Waals surface area (Å²) >= 11 is 0. The van der Waals surface area contributed by atoms with Crippen LogP contribution in [0.2, 0.25) is 0 Å². The standard InChI is InChI=1S/C16H17N5O4/c1-23-10-7-8-11(12(9-10)24-2)17-16(22)18-15-20-19-13-5-4-6-14(25-3)21(13)15/h4-9H,1-3H3,(H2,17,18,20,22). The van der Waals surface area contributed by atoms with E-state index in [9.17, 15) is 4.79 Å². The van der Waals surface area contributed by atoms with Crippen LogP contribution in [0.1, 0.15) is 0 Å². The SMILES string of the molecule is COc1ccc(NC(=O)Nc2nnc3cccc(OC)n23)c(OC)c1. The lowest BCUT2D eigenvalue weighted by atomic mass is 10.2. The third-order valence-corrected chi connectivity index (χ3v) is 3.48. The Balaban J connectivity index is 1.82. The van der Waals surface area contributed by atoms with Crippen LogP contribution < -0.4 is 24.8 Å². The lowest BCUT2D eigenvalue weighted by molar-refractivity contribution is 0.262. The molecule has 25 heavy (non-hydrogen) atoms. The molecule has 2 N–H and O–H groups in total. The Labute approximate surface area is 143 Å². The van der Waals surface area contributed by atoms with E-state index in [-0.39, 0.29) is 5.95 Å². The molecular formula is C16H17N5O4. The highest BCUT2D eigenvalue weighted by Gasteiger charge is 2.14. The van der Waals surface area contributed by atoms with Crippen molar-refractivity contribution in [2.24, 2.45) is 0 Å². The summed E-state index contributed by atoms with van der Waals surface area (Å²) in [5.41, 5.74) is 1.04. The summed E-state index contributed by atoms with van der Waals surface area (Å²) in [7, 11) is 4.59. The maximum atomic E-state index is 12.3. The van der Waals surface area contributed by atoms with Crippen LogP contribution >= 0.6 is 0 Å². The van der Waals surface area contributed by atoms with Crippen molar-refractivity contribution in [3.8, 4) is 17.4 Å². The number of ether oxygens (including phenoxy) is 3. The quantitative estimate of drug-likeness (QED) is 0.738. The summed E-state index contributed by atoms with van der Waals surface area (Å²) in [6.07, 6.45) is 0. The Hall–Kier alpha value is -3.49. The van der Waals surface area contributed by atoms with Crippen LogP contribution in [0.5, 0.6) is 17.4 Å². The summed E-state index contributed by atoms with van der Waals surface area (Å²) < 4.78 is 17.2. The minimum Gasteiger partial charge on any atom is -0.497 e. The van der Waals surface area contributed by atoms with E-state index in [2.05, 4.69) is 20.8 Å². The van der Waals surface area contributed by atoms with E-state index < -0.39 is 6.03 Å². The Bertz CT molecular complexity index is 909. The molecule has 0 saturated carbocycles. The first kappa shape index (κ1) is 16.4. The van der Waals surface area contributed by atoms with Crippen LogP contribution in [0.15, 0.2) is 36.4 Å². The van der Waals surface area contributed by atoms with Crippen molar-refractivity contribution in [1.82, 2.24) is 14.6 Å². The van der Waals surface area contributed by atoms with Crippen LogP contribution in [-0.2, 0) is 0 Å². The van der Waals surface area contributed by atoms with E-state index in [1.807, 2.05) is 0 Å². The number of hydrogen-bond donors (Lipinski definition) is 2. The van der Waals surface area contributed by atoms with Crippen molar-refractivity contribution in [2.75, 3.05) is 32.0 Å². The summed E-state index contributed by atoms with van der Waals surface area (Å²) in [6.45, 7) is 0. The van der Waals surface area contributed by atoms with Gasteiger partial charge in [0.05, 0.1) is 27.0 Å². The second kappa shape index (κ2) is 6.95. The Morgan fingerprint density at radius 3 is 2.56 bits per heavy atom. The molecule has 3 aromatic rings. The molecule has 0 bridgehead atoms. The topological polar surface area (TPSA) is 99.0 Å². The molecule has 0 spiro atoms. The molecule has 0 fully saturated rings. The van der Waals surface area contributed by atoms with E-state index in [4.69, 9.17) is 14.2 Å². The van der Waals surface area contributed by atoms with Crippen molar-refractivity contribution in [2.45, 2.75) is 0 Å². The van der Waals surface area contributed by atoms with Crippen molar-refractivity contribution >= 4 is 23.3 Å². The maximum absolute atomic E-state index is 12.3. The highest BCUT2D eigenvalue weighted by Crippen LogP contribution is 2.29. The number of hydrogen-bond acceptors (Lipinski definition) is 6. The summed E-state index contributed by atoms with van der Waals surface area (Å²) in [5.74, 6) is 1.83. The molecule has 0 saturated heterocycles. The van der Waals surface area contributed by atoms with Gasteiger partial charge < -0.3 is 19.5 Å². The van der Waals surface area contributed by atoms with Crippen molar-refractivity contribution < 1.29 is 19.0 Å². The molecule has 0 aliphatic heterocycles. The van der Waals surface area contributed by atoms with Gasteiger partial charge in [-0.1, -0.05) is 6.07 Å². The maximum Gasteiger partial charge on any atom is 0.326 e. The van der Waals surface area contributed by atoms with Crippen molar-refractivity contribution in [3.63, 3.8) is 0 Å². The highest BCUT2D eigenvalue weighted by atomic mass is 16.5. The fourth-order valence-electron chi connectivity index (χ4n) is 2.31. The number of methoxy groups -OCH3 is 3. The molecule has 0 aliphatic carbocycles. The molecule has 2 amide bonds. The van der Waals surface area contributed by atoms with Gasteiger partial charge in [0.1, 0.15) is 11.5 Å². The molecule has 9 heteroatoms. The van der Waals surface area contributed by atoms with Gasteiger partial charge >= 0.3 is 6.03 Å². The zero-order valence-electron chi connectivity index (χ0n) is 13.9. The largest absolute Gasteiger partial charge is 0.497 e. The van der Waals surface area contributed by atoms with Gasteiger partial charge in [0.25, 0.3) is 0 Å². The van der Waals surface area contributed by atoms with E-state index in [0.29, 0.717) is 28.7 Å². The van der Waals surface area contributed by atoms with Gasteiger partial charge in [0, 0.05) is 6.07 Å². The monoisotopic (exact) mass is 343 g/mol. The molecule has 1 aromatic carbocycles. The third kappa shape index (κ3) is 3.25. The summed E-state index contributed by atoms with van der Waals surface area (Å²) in [5, 5.41) is 13.3. The van der Waals surface area contributed by atoms with Gasteiger partial charge in [-0.2, -0.15) is 0 Å². The second-order valence-electron chi connectivity index (χ2n) is 4.93. The predicted molar refractivity (Wildman–Crippen MR) is 91.7 cm³/mol. The molecule has 0 unspecified atom stereocenters. The highest BCUT2D eigenvalue weighted by molar-refractivity contribution is 6.00. The van der Waals surface area contributed by atoms with Gasteiger partial charge in [-0.05, 0) is 24.3 Å². The average Bonchev–Trinajstić information content (AvgIpc) is 3.05. The van der Waals surface area contributed by atoms with E-state index >= 15 is 0 Å². The van der Waals surface area contributed by atoms with Crippen LogP contribution in [-0.4, -0.2) is 42.0 Å². The third-order valence-electron chi connectivity index (χ3n) is 3.48. The minimum absolute atomic E-state index is 0.234. The number of urea groups is 1. The lowest BCUT2D eigenvalue weighted by Crippen LogP contribution is -2.21. The first-order chi connectivity index (χ1) is 12.2. The number of fused-ring (bicyclic) bond motifs is 1. The summed E-state index contributed by atoms with van der Waals surface area (Å²) in [6, 6.07) is 9.86. The number of carbonyl (C=O) groups excluding carboxylic acids is 1. The van der Waals surface area contributed by atoms with Gasteiger partial charge in [0.15, 0.2) is 5.65 Å². The van der Waals surface area contributed by atoms with E-state index in [1.54, 1.807) is 47.9 Å². The molecule has 130 valence electrons. The van der Waals surface area contributed by atoms with Crippen LogP contribution in [0.25, 0.3) is 5.65 Å².